The van der Waals surface area contributed by atoms with Gasteiger partial charge >= 0.3 is 0 Å². The summed E-state index contributed by atoms with van der Waals surface area (Å²) in [6.07, 6.45) is 2.22. The molecule has 4 nitrogen and oxygen atoms in total. The number of rotatable bonds is 9. The van der Waals surface area contributed by atoms with Crippen LogP contribution in [-0.4, -0.2) is 45.5 Å². The number of hydrogen-bond donors (Lipinski definition) is 1. The van der Waals surface area contributed by atoms with Crippen molar-refractivity contribution < 1.29 is 5.11 Å². The Morgan fingerprint density at radius 1 is 1.26 bits per heavy atom. The molecule has 4 heteroatoms. The van der Waals surface area contributed by atoms with Crippen LogP contribution in [0.15, 0.2) is 6.07 Å². The average molecular weight is 267 g/mol. The Morgan fingerprint density at radius 3 is 2.47 bits per heavy atom. The van der Waals surface area contributed by atoms with E-state index in [1.165, 1.54) is 0 Å². The fraction of sp³-hybridized carbons (Fsp3) is 0.800. The normalized spacial score (nSPS) is 13.2. The van der Waals surface area contributed by atoms with Crippen molar-refractivity contribution in [3.8, 4) is 0 Å². The fourth-order valence-corrected chi connectivity index (χ4v) is 2.34. The minimum absolute atomic E-state index is 0.271. The van der Waals surface area contributed by atoms with Crippen LogP contribution in [0.3, 0.4) is 0 Å². The number of hydrogen-bond acceptors (Lipinski definition) is 3. The van der Waals surface area contributed by atoms with Gasteiger partial charge in [0.2, 0.25) is 0 Å². The third-order valence-corrected chi connectivity index (χ3v) is 3.69. The van der Waals surface area contributed by atoms with Gasteiger partial charge in [0.05, 0.1) is 11.8 Å². The molecule has 1 heterocycles. The highest BCUT2D eigenvalue weighted by atomic mass is 16.3. The molecule has 1 unspecified atom stereocenters. The highest BCUT2D eigenvalue weighted by molar-refractivity contribution is 5.11. The van der Waals surface area contributed by atoms with E-state index in [4.69, 9.17) is 0 Å². The van der Waals surface area contributed by atoms with Gasteiger partial charge in [-0.25, -0.2) is 0 Å². The van der Waals surface area contributed by atoms with Crippen molar-refractivity contribution >= 4 is 0 Å². The molecule has 0 aliphatic heterocycles. The largest absolute Gasteiger partial charge is 0.393 e. The molecule has 110 valence electrons. The first-order valence-corrected chi connectivity index (χ1v) is 7.60. The second-order valence-corrected chi connectivity index (χ2v) is 4.97. The lowest BCUT2D eigenvalue weighted by atomic mass is 10.1. The molecular formula is C15H29N3O. The molecule has 0 radical (unpaired) electrons. The van der Waals surface area contributed by atoms with Crippen LogP contribution >= 0.6 is 0 Å². The zero-order valence-corrected chi connectivity index (χ0v) is 12.9. The van der Waals surface area contributed by atoms with Crippen molar-refractivity contribution in [2.45, 2.75) is 59.6 Å². The summed E-state index contributed by atoms with van der Waals surface area (Å²) in [6, 6.07) is 2.13. The van der Waals surface area contributed by atoms with Gasteiger partial charge in [-0.2, -0.15) is 5.10 Å². The van der Waals surface area contributed by atoms with Gasteiger partial charge in [-0.1, -0.05) is 20.8 Å². The van der Waals surface area contributed by atoms with Gasteiger partial charge in [0.1, 0.15) is 0 Å². The third-order valence-electron chi connectivity index (χ3n) is 3.69. The number of nitrogens with zero attached hydrogens (tertiary/aromatic N) is 3. The highest BCUT2D eigenvalue weighted by Crippen LogP contribution is 2.10. The molecule has 0 bridgehead atoms. The van der Waals surface area contributed by atoms with Gasteiger partial charge in [-0.15, -0.1) is 0 Å². The van der Waals surface area contributed by atoms with Crippen molar-refractivity contribution in [2.24, 2.45) is 0 Å². The average Bonchev–Trinajstić information content (AvgIpc) is 2.82. The lowest BCUT2D eigenvalue weighted by Gasteiger charge is -2.20. The second kappa shape index (κ2) is 8.33. The van der Waals surface area contributed by atoms with Crippen molar-refractivity contribution in [3.05, 3.63) is 17.5 Å². The molecule has 0 spiro atoms. The summed E-state index contributed by atoms with van der Waals surface area (Å²) in [5, 5.41) is 14.7. The molecule has 19 heavy (non-hydrogen) atoms. The van der Waals surface area contributed by atoms with E-state index in [-0.39, 0.29) is 6.10 Å². The molecule has 1 rings (SSSR count). The van der Waals surface area contributed by atoms with Crippen molar-refractivity contribution in [1.29, 1.82) is 0 Å². The van der Waals surface area contributed by atoms with Crippen LogP contribution in [0.1, 0.15) is 45.5 Å². The minimum Gasteiger partial charge on any atom is -0.393 e. The SMILES string of the molecule is CCc1cc(CC(O)CCN(CC)CC)n(CC)n1. The monoisotopic (exact) mass is 267 g/mol. The summed E-state index contributed by atoms with van der Waals surface area (Å²) < 4.78 is 2.01. The van der Waals surface area contributed by atoms with Crippen LogP contribution in [0.4, 0.5) is 0 Å². The fourth-order valence-electron chi connectivity index (χ4n) is 2.34. The van der Waals surface area contributed by atoms with Crippen molar-refractivity contribution in [1.82, 2.24) is 14.7 Å². The maximum Gasteiger partial charge on any atom is 0.0624 e. The minimum atomic E-state index is -0.271. The summed E-state index contributed by atoms with van der Waals surface area (Å²) in [5.41, 5.74) is 2.28. The molecule has 1 atom stereocenters. The van der Waals surface area contributed by atoms with E-state index in [1.807, 2.05) is 4.68 Å². The van der Waals surface area contributed by atoms with Crippen LogP contribution < -0.4 is 0 Å². The zero-order valence-electron chi connectivity index (χ0n) is 12.9. The van der Waals surface area contributed by atoms with Crippen LogP contribution in [0, 0.1) is 0 Å². The topological polar surface area (TPSA) is 41.3 Å². The lowest BCUT2D eigenvalue weighted by molar-refractivity contribution is 0.141. The van der Waals surface area contributed by atoms with E-state index in [0.717, 1.165) is 50.4 Å². The number of aliphatic hydroxyl groups is 1. The Balaban J connectivity index is 2.51. The molecule has 0 saturated heterocycles. The molecule has 1 aromatic heterocycles. The van der Waals surface area contributed by atoms with Crippen LogP contribution in [-0.2, 0) is 19.4 Å². The first-order chi connectivity index (χ1) is 9.14. The quantitative estimate of drug-likeness (QED) is 0.745. The molecule has 1 N–H and O–H groups in total. The number of aromatic nitrogens is 2. The predicted molar refractivity (Wildman–Crippen MR) is 79.4 cm³/mol. The van der Waals surface area contributed by atoms with E-state index in [2.05, 4.69) is 43.8 Å². The molecule has 1 aromatic rings. The van der Waals surface area contributed by atoms with E-state index in [1.54, 1.807) is 0 Å². The number of aliphatic hydroxyl groups excluding tert-OH is 1. The standard InChI is InChI=1S/C15H29N3O/c1-5-13-11-14(18(8-4)16-13)12-15(19)9-10-17(6-2)7-3/h11,15,19H,5-10,12H2,1-4H3. The molecule has 0 amide bonds. The summed E-state index contributed by atoms with van der Waals surface area (Å²) in [5.74, 6) is 0. The first-order valence-electron chi connectivity index (χ1n) is 7.60. The lowest BCUT2D eigenvalue weighted by Crippen LogP contribution is -2.28. The summed E-state index contributed by atoms with van der Waals surface area (Å²) in [4.78, 5) is 2.35. The Labute approximate surface area is 117 Å². The van der Waals surface area contributed by atoms with Crippen molar-refractivity contribution in [3.63, 3.8) is 0 Å². The number of aryl methyl sites for hydroxylation is 2. The van der Waals surface area contributed by atoms with Gasteiger partial charge in [0.15, 0.2) is 0 Å². The molecule has 0 aromatic carbocycles. The van der Waals surface area contributed by atoms with Crippen molar-refractivity contribution in [2.75, 3.05) is 19.6 Å². The van der Waals surface area contributed by atoms with Crippen LogP contribution in [0.5, 0.6) is 0 Å². The second-order valence-electron chi connectivity index (χ2n) is 4.97. The Bertz CT molecular complexity index is 358. The first kappa shape index (κ1) is 16.2. The van der Waals surface area contributed by atoms with Gasteiger partial charge in [0, 0.05) is 25.2 Å². The molecular weight excluding hydrogens is 238 g/mol. The smallest absolute Gasteiger partial charge is 0.0624 e. The molecule has 0 aliphatic rings. The maximum absolute atomic E-state index is 10.2. The van der Waals surface area contributed by atoms with Gasteiger partial charge in [0.25, 0.3) is 0 Å². The van der Waals surface area contributed by atoms with E-state index in [0.29, 0.717) is 6.42 Å². The maximum atomic E-state index is 10.2. The zero-order chi connectivity index (χ0) is 14.3. The Hall–Kier alpha value is -0.870. The Morgan fingerprint density at radius 2 is 1.95 bits per heavy atom. The van der Waals surface area contributed by atoms with Gasteiger partial charge in [-0.3, -0.25) is 4.68 Å². The summed E-state index contributed by atoms with van der Waals surface area (Å²) >= 11 is 0. The third kappa shape index (κ3) is 4.96. The summed E-state index contributed by atoms with van der Waals surface area (Å²) in [6.45, 7) is 12.5. The molecule has 0 saturated carbocycles. The Kier molecular flexibility index (Phi) is 7.10. The van der Waals surface area contributed by atoms with E-state index in [9.17, 15) is 5.11 Å². The summed E-state index contributed by atoms with van der Waals surface area (Å²) in [7, 11) is 0. The van der Waals surface area contributed by atoms with Crippen LogP contribution in [0.2, 0.25) is 0 Å². The molecule has 0 fully saturated rings. The van der Waals surface area contributed by atoms with Crippen LogP contribution in [0.25, 0.3) is 0 Å². The van der Waals surface area contributed by atoms with E-state index >= 15 is 0 Å². The van der Waals surface area contributed by atoms with E-state index < -0.39 is 0 Å². The van der Waals surface area contributed by atoms with Gasteiger partial charge < -0.3 is 10.0 Å². The highest BCUT2D eigenvalue weighted by Gasteiger charge is 2.12. The van der Waals surface area contributed by atoms with Gasteiger partial charge in [-0.05, 0) is 38.9 Å². The molecule has 0 aliphatic carbocycles. The predicted octanol–water partition coefficient (Wildman–Crippen LogP) is 2.10.